The van der Waals surface area contributed by atoms with Crippen LogP contribution >= 0.6 is 22.9 Å². The predicted octanol–water partition coefficient (Wildman–Crippen LogP) is 4.77. The van der Waals surface area contributed by atoms with Gasteiger partial charge in [-0.1, -0.05) is 36.9 Å². The van der Waals surface area contributed by atoms with E-state index in [2.05, 4.69) is 10.3 Å². The normalized spacial score (nSPS) is 14.4. The van der Waals surface area contributed by atoms with Gasteiger partial charge in [0.25, 0.3) is 11.5 Å². The Hall–Kier alpha value is -2.71. The molecule has 2 heterocycles. The lowest BCUT2D eigenvalue weighted by molar-refractivity contribution is -0.116. The standard InChI is InChI=1S/C24H27ClN4O3S/c1-14-9-10-16(11-18(14)25)27-19(30)12-29-13-26-22-20(23(29)31)15(2)21(33-22)24(32)28(3)17-7-5-4-6-8-17/h9-11,13,17H,4-8,12H2,1-3H3,(H,27,30). The molecule has 33 heavy (non-hydrogen) atoms. The van der Waals surface area contributed by atoms with Gasteiger partial charge in [0, 0.05) is 23.8 Å². The third-order valence-electron chi connectivity index (χ3n) is 6.32. The van der Waals surface area contributed by atoms with Crippen molar-refractivity contribution in [2.45, 2.75) is 58.5 Å². The second-order valence-electron chi connectivity index (χ2n) is 8.63. The summed E-state index contributed by atoms with van der Waals surface area (Å²) in [7, 11) is 1.84. The molecule has 0 bridgehead atoms. The fraction of sp³-hybridized carbons (Fsp3) is 0.417. The first-order valence-electron chi connectivity index (χ1n) is 11.1. The van der Waals surface area contributed by atoms with E-state index in [-0.39, 0.29) is 30.0 Å². The number of carbonyl (C=O) groups excluding carboxylic acids is 2. The second-order valence-corrected chi connectivity index (χ2v) is 10.0. The second kappa shape index (κ2) is 9.65. The maximum atomic E-state index is 13.2. The van der Waals surface area contributed by atoms with Gasteiger partial charge in [0.15, 0.2) is 0 Å². The fourth-order valence-corrected chi connectivity index (χ4v) is 5.60. The van der Waals surface area contributed by atoms with Crippen molar-refractivity contribution in [1.29, 1.82) is 0 Å². The lowest BCUT2D eigenvalue weighted by atomic mass is 9.94. The Morgan fingerprint density at radius 1 is 1.24 bits per heavy atom. The monoisotopic (exact) mass is 486 g/mol. The number of aryl methyl sites for hydroxylation is 2. The number of hydrogen-bond acceptors (Lipinski definition) is 5. The van der Waals surface area contributed by atoms with Gasteiger partial charge in [-0.3, -0.25) is 19.0 Å². The zero-order chi connectivity index (χ0) is 23.7. The van der Waals surface area contributed by atoms with E-state index in [4.69, 9.17) is 11.6 Å². The van der Waals surface area contributed by atoms with Crippen molar-refractivity contribution in [3.05, 3.63) is 55.9 Å². The van der Waals surface area contributed by atoms with Crippen LogP contribution in [0.4, 0.5) is 5.69 Å². The van der Waals surface area contributed by atoms with Crippen LogP contribution in [0.5, 0.6) is 0 Å². The minimum absolute atomic E-state index is 0.0673. The summed E-state index contributed by atoms with van der Waals surface area (Å²) in [6.45, 7) is 3.47. The third-order valence-corrected chi connectivity index (χ3v) is 7.92. The van der Waals surface area contributed by atoms with Gasteiger partial charge in [0.05, 0.1) is 16.6 Å². The maximum Gasteiger partial charge on any atom is 0.264 e. The Labute approximate surface area is 201 Å². The van der Waals surface area contributed by atoms with Crippen molar-refractivity contribution >= 4 is 50.7 Å². The molecule has 4 rings (SSSR count). The van der Waals surface area contributed by atoms with Crippen LogP contribution in [0.1, 0.15) is 52.9 Å². The summed E-state index contributed by atoms with van der Waals surface area (Å²) < 4.78 is 1.27. The van der Waals surface area contributed by atoms with E-state index in [0.717, 1.165) is 31.2 Å². The van der Waals surface area contributed by atoms with Crippen LogP contribution in [-0.4, -0.2) is 39.4 Å². The Balaban J connectivity index is 1.56. The molecular formula is C24H27ClN4O3S. The van der Waals surface area contributed by atoms with Crippen LogP contribution in [0, 0.1) is 13.8 Å². The molecule has 174 valence electrons. The van der Waals surface area contributed by atoms with Crippen LogP contribution in [0.2, 0.25) is 5.02 Å². The van der Waals surface area contributed by atoms with Crippen molar-refractivity contribution in [3.63, 3.8) is 0 Å². The van der Waals surface area contributed by atoms with E-state index in [0.29, 0.717) is 31.4 Å². The highest BCUT2D eigenvalue weighted by Gasteiger charge is 2.27. The van der Waals surface area contributed by atoms with E-state index in [9.17, 15) is 14.4 Å². The van der Waals surface area contributed by atoms with Gasteiger partial charge in [-0.15, -0.1) is 11.3 Å². The smallest absolute Gasteiger partial charge is 0.264 e. The zero-order valence-electron chi connectivity index (χ0n) is 19.0. The number of halogens is 1. The average Bonchev–Trinajstić information content (AvgIpc) is 3.14. The van der Waals surface area contributed by atoms with E-state index in [1.165, 1.54) is 28.7 Å². The van der Waals surface area contributed by atoms with Crippen molar-refractivity contribution in [3.8, 4) is 0 Å². The summed E-state index contributed by atoms with van der Waals surface area (Å²) in [5.41, 5.74) is 1.77. The quantitative estimate of drug-likeness (QED) is 0.563. The summed E-state index contributed by atoms with van der Waals surface area (Å²) in [5, 5.41) is 3.70. The number of hydrogen-bond donors (Lipinski definition) is 1. The highest BCUT2D eigenvalue weighted by Crippen LogP contribution is 2.30. The Morgan fingerprint density at radius 3 is 2.67 bits per heavy atom. The number of rotatable bonds is 5. The largest absolute Gasteiger partial charge is 0.338 e. The average molecular weight is 487 g/mol. The molecular weight excluding hydrogens is 460 g/mol. The molecule has 0 unspecified atom stereocenters. The highest BCUT2D eigenvalue weighted by atomic mass is 35.5. The molecule has 1 fully saturated rings. The van der Waals surface area contributed by atoms with Crippen LogP contribution in [0.15, 0.2) is 29.3 Å². The number of amides is 2. The molecule has 1 aliphatic rings. The van der Waals surface area contributed by atoms with Crippen molar-refractivity contribution < 1.29 is 9.59 Å². The van der Waals surface area contributed by atoms with Gasteiger partial charge in [-0.2, -0.15) is 0 Å². The van der Waals surface area contributed by atoms with Crippen molar-refractivity contribution in [2.24, 2.45) is 0 Å². The number of anilines is 1. The first kappa shape index (κ1) is 23.4. The van der Waals surface area contributed by atoms with Gasteiger partial charge in [0.2, 0.25) is 5.91 Å². The number of thiophene rings is 1. The molecule has 1 N–H and O–H groups in total. The van der Waals surface area contributed by atoms with Crippen LogP contribution in [0.3, 0.4) is 0 Å². The van der Waals surface area contributed by atoms with E-state index < -0.39 is 0 Å². The minimum atomic E-state index is -0.362. The van der Waals surface area contributed by atoms with Gasteiger partial charge in [-0.05, 0) is 49.9 Å². The van der Waals surface area contributed by atoms with E-state index in [1.807, 2.05) is 24.9 Å². The molecule has 2 amide bonds. The minimum Gasteiger partial charge on any atom is -0.338 e. The van der Waals surface area contributed by atoms with E-state index >= 15 is 0 Å². The van der Waals surface area contributed by atoms with Crippen molar-refractivity contribution in [2.75, 3.05) is 12.4 Å². The molecule has 0 spiro atoms. The molecule has 1 saturated carbocycles. The van der Waals surface area contributed by atoms with Crippen molar-refractivity contribution in [1.82, 2.24) is 14.5 Å². The molecule has 9 heteroatoms. The molecule has 0 aliphatic heterocycles. The Morgan fingerprint density at radius 2 is 1.97 bits per heavy atom. The molecule has 0 saturated heterocycles. The van der Waals surface area contributed by atoms with Gasteiger partial charge in [-0.25, -0.2) is 4.98 Å². The molecule has 0 atom stereocenters. The molecule has 2 aromatic heterocycles. The molecule has 1 aromatic carbocycles. The van der Waals surface area contributed by atoms with Gasteiger partial charge < -0.3 is 10.2 Å². The fourth-order valence-electron chi connectivity index (χ4n) is 4.30. The lowest BCUT2D eigenvalue weighted by Gasteiger charge is -2.31. The zero-order valence-corrected chi connectivity index (χ0v) is 20.6. The number of nitrogens with zero attached hydrogens (tertiary/aromatic N) is 3. The molecule has 3 aromatic rings. The number of carbonyl (C=O) groups is 2. The molecule has 1 aliphatic carbocycles. The number of benzene rings is 1. The Bertz CT molecular complexity index is 1280. The number of fused-ring (bicyclic) bond motifs is 1. The number of nitrogens with one attached hydrogen (secondary N) is 1. The molecule has 0 radical (unpaired) electrons. The first-order valence-corrected chi connectivity index (χ1v) is 12.3. The highest BCUT2D eigenvalue weighted by molar-refractivity contribution is 7.20. The maximum absolute atomic E-state index is 13.2. The van der Waals surface area contributed by atoms with E-state index in [1.54, 1.807) is 19.1 Å². The van der Waals surface area contributed by atoms with Crippen LogP contribution in [-0.2, 0) is 11.3 Å². The topological polar surface area (TPSA) is 84.3 Å². The SMILES string of the molecule is Cc1ccc(NC(=O)Cn2cnc3sc(C(=O)N(C)C4CCCCC4)c(C)c3c2=O)cc1Cl. The summed E-state index contributed by atoms with van der Waals surface area (Å²) in [6.07, 6.45) is 6.88. The first-order chi connectivity index (χ1) is 15.8. The van der Waals surface area contributed by atoms with Crippen LogP contribution < -0.4 is 10.9 Å². The summed E-state index contributed by atoms with van der Waals surface area (Å²) >= 11 is 7.36. The Kier molecular flexibility index (Phi) is 6.86. The predicted molar refractivity (Wildman–Crippen MR) is 132 cm³/mol. The lowest BCUT2D eigenvalue weighted by Crippen LogP contribution is -2.38. The van der Waals surface area contributed by atoms with Crippen LogP contribution in [0.25, 0.3) is 10.2 Å². The summed E-state index contributed by atoms with van der Waals surface area (Å²) in [5.74, 6) is -0.429. The summed E-state index contributed by atoms with van der Waals surface area (Å²) in [6, 6.07) is 5.48. The third kappa shape index (κ3) is 4.82. The summed E-state index contributed by atoms with van der Waals surface area (Å²) in [4.78, 5) is 46.1. The van der Waals surface area contributed by atoms with Gasteiger partial charge in [0.1, 0.15) is 11.4 Å². The van der Waals surface area contributed by atoms with Gasteiger partial charge >= 0.3 is 0 Å². The molecule has 7 nitrogen and oxygen atoms in total. The number of aromatic nitrogens is 2.